The summed E-state index contributed by atoms with van der Waals surface area (Å²) in [6, 6.07) is 14.5. The Balaban J connectivity index is 1.93. The van der Waals surface area contributed by atoms with Gasteiger partial charge in [0, 0.05) is 12.1 Å². The molecule has 2 rings (SSSR count). The maximum absolute atomic E-state index is 11.5. The van der Waals surface area contributed by atoms with Crippen LogP contribution in [0.1, 0.15) is 12.0 Å². The van der Waals surface area contributed by atoms with Crippen molar-refractivity contribution in [2.45, 2.75) is 13.0 Å². The molecule has 0 fully saturated rings. The van der Waals surface area contributed by atoms with Crippen LogP contribution < -0.4 is 24.3 Å². The molecule has 2 aromatic carbocycles. The van der Waals surface area contributed by atoms with Gasteiger partial charge in [0.05, 0.1) is 20.3 Å². The van der Waals surface area contributed by atoms with Gasteiger partial charge in [-0.05, 0) is 30.3 Å². The van der Waals surface area contributed by atoms with E-state index in [0.29, 0.717) is 30.5 Å². The van der Waals surface area contributed by atoms with Crippen LogP contribution in [0.15, 0.2) is 42.5 Å². The van der Waals surface area contributed by atoms with E-state index in [0.717, 1.165) is 11.3 Å². The number of carbonyl (C=O) groups is 1. The number of nitrogens with zero attached hydrogens (tertiary/aromatic N) is 1. The van der Waals surface area contributed by atoms with Gasteiger partial charge < -0.3 is 24.3 Å². The van der Waals surface area contributed by atoms with Crippen LogP contribution in [-0.4, -0.2) is 33.3 Å². The number of benzene rings is 2. The summed E-state index contributed by atoms with van der Waals surface area (Å²) >= 11 is 0. The first kappa shape index (κ1) is 19.9. The normalized spacial score (nSPS) is 9.81. The molecule has 0 radical (unpaired) electrons. The van der Waals surface area contributed by atoms with E-state index in [1.807, 2.05) is 42.5 Å². The van der Waals surface area contributed by atoms with Crippen molar-refractivity contribution >= 4 is 5.91 Å². The largest absolute Gasteiger partial charge is 0.497 e. The summed E-state index contributed by atoms with van der Waals surface area (Å²) < 4.78 is 21.9. The van der Waals surface area contributed by atoms with Gasteiger partial charge >= 0.3 is 0 Å². The number of rotatable bonds is 10. The van der Waals surface area contributed by atoms with Gasteiger partial charge in [-0.15, -0.1) is 0 Å². The standard InChI is InChI=1S/C20H22N2O5/c1-24-16-6-8-17(9-7-16)26-12-13-27-20-15(4-3-5-18(20)25-2)14-22-19(23)10-11-21/h3-9H,10,12-14H2,1-2H3,(H,22,23). The summed E-state index contributed by atoms with van der Waals surface area (Å²) in [6.07, 6.45) is -0.185. The predicted molar refractivity (Wildman–Crippen MR) is 99.1 cm³/mol. The maximum atomic E-state index is 11.5. The quantitative estimate of drug-likeness (QED) is 0.647. The van der Waals surface area contributed by atoms with Crippen molar-refractivity contribution in [2.24, 2.45) is 0 Å². The summed E-state index contributed by atoms with van der Waals surface area (Å²) in [6.45, 7) is 0.878. The molecule has 27 heavy (non-hydrogen) atoms. The van der Waals surface area contributed by atoms with Crippen LogP contribution in [0.4, 0.5) is 0 Å². The molecule has 0 unspecified atom stereocenters. The van der Waals surface area contributed by atoms with Crippen molar-refractivity contribution in [1.29, 1.82) is 5.26 Å². The molecule has 1 N–H and O–H groups in total. The van der Waals surface area contributed by atoms with Crippen molar-refractivity contribution < 1.29 is 23.7 Å². The van der Waals surface area contributed by atoms with Gasteiger partial charge in [-0.25, -0.2) is 0 Å². The number of hydrogen-bond acceptors (Lipinski definition) is 6. The lowest BCUT2D eigenvalue weighted by Gasteiger charge is -2.16. The van der Waals surface area contributed by atoms with Crippen LogP contribution in [0.2, 0.25) is 0 Å². The zero-order valence-electron chi connectivity index (χ0n) is 15.4. The lowest BCUT2D eigenvalue weighted by Crippen LogP contribution is -2.22. The van der Waals surface area contributed by atoms with E-state index in [1.165, 1.54) is 0 Å². The second-order valence-corrected chi connectivity index (χ2v) is 5.43. The maximum Gasteiger partial charge on any atom is 0.234 e. The minimum Gasteiger partial charge on any atom is -0.497 e. The van der Waals surface area contributed by atoms with Gasteiger partial charge in [0.2, 0.25) is 5.91 Å². The number of nitrogens with one attached hydrogen (secondary N) is 1. The number of carbonyl (C=O) groups excluding carboxylic acids is 1. The molecule has 0 aromatic heterocycles. The molecule has 0 saturated heterocycles. The van der Waals surface area contributed by atoms with Crippen LogP contribution in [0.3, 0.4) is 0 Å². The number of nitriles is 1. The Hall–Kier alpha value is -3.40. The second kappa shape index (κ2) is 10.6. The number of methoxy groups -OCH3 is 2. The third-order valence-electron chi connectivity index (χ3n) is 3.65. The van der Waals surface area contributed by atoms with Gasteiger partial charge in [-0.1, -0.05) is 12.1 Å². The van der Waals surface area contributed by atoms with E-state index in [9.17, 15) is 4.79 Å². The topological polar surface area (TPSA) is 89.8 Å². The summed E-state index contributed by atoms with van der Waals surface area (Å²) in [4.78, 5) is 11.5. The summed E-state index contributed by atoms with van der Waals surface area (Å²) in [5.74, 6) is 2.23. The highest BCUT2D eigenvalue weighted by Crippen LogP contribution is 2.31. The van der Waals surface area contributed by atoms with Crippen molar-refractivity contribution in [1.82, 2.24) is 5.32 Å². The fourth-order valence-corrected chi connectivity index (χ4v) is 2.33. The lowest BCUT2D eigenvalue weighted by molar-refractivity contribution is -0.120. The molecule has 7 nitrogen and oxygen atoms in total. The molecular formula is C20H22N2O5. The number of ether oxygens (including phenoxy) is 4. The summed E-state index contributed by atoms with van der Waals surface area (Å²) in [5, 5.41) is 11.2. The summed E-state index contributed by atoms with van der Waals surface area (Å²) in [5.41, 5.74) is 0.755. The molecule has 0 saturated carbocycles. The van der Waals surface area contributed by atoms with E-state index >= 15 is 0 Å². The Morgan fingerprint density at radius 3 is 2.37 bits per heavy atom. The van der Waals surface area contributed by atoms with Gasteiger partial charge in [-0.3, -0.25) is 4.79 Å². The Morgan fingerprint density at radius 2 is 1.70 bits per heavy atom. The van der Waals surface area contributed by atoms with Crippen molar-refractivity contribution in [3.63, 3.8) is 0 Å². The van der Waals surface area contributed by atoms with E-state index in [4.69, 9.17) is 24.2 Å². The molecule has 0 bridgehead atoms. The molecule has 142 valence electrons. The zero-order valence-corrected chi connectivity index (χ0v) is 15.4. The van der Waals surface area contributed by atoms with Crippen molar-refractivity contribution in [3.05, 3.63) is 48.0 Å². The van der Waals surface area contributed by atoms with Gasteiger partial charge in [0.1, 0.15) is 31.1 Å². The van der Waals surface area contributed by atoms with E-state index < -0.39 is 0 Å². The fraction of sp³-hybridized carbons (Fsp3) is 0.300. The highest BCUT2D eigenvalue weighted by atomic mass is 16.5. The average molecular weight is 370 g/mol. The van der Waals surface area contributed by atoms with Gasteiger partial charge in [0.25, 0.3) is 0 Å². The van der Waals surface area contributed by atoms with Crippen LogP contribution in [-0.2, 0) is 11.3 Å². The minimum atomic E-state index is -0.339. The third kappa shape index (κ3) is 6.12. The van der Waals surface area contributed by atoms with E-state index in [-0.39, 0.29) is 18.9 Å². The van der Waals surface area contributed by atoms with Crippen LogP contribution >= 0.6 is 0 Å². The Morgan fingerprint density at radius 1 is 1.00 bits per heavy atom. The molecule has 0 aliphatic rings. The van der Waals surface area contributed by atoms with Crippen LogP contribution in [0.25, 0.3) is 0 Å². The smallest absolute Gasteiger partial charge is 0.234 e. The second-order valence-electron chi connectivity index (χ2n) is 5.43. The molecular weight excluding hydrogens is 348 g/mol. The first-order chi connectivity index (χ1) is 13.2. The molecule has 2 aromatic rings. The lowest BCUT2D eigenvalue weighted by atomic mass is 10.2. The fourth-order valence-electron chi connectivity index (χ4n) is 2.33. The third-order valence-corrected chi connectivity index (χ3v) is 3.65. The van der Waals surface area contributed by atoms with Crippen molar-refractivity contribution in [2.75, 3.05) is 27.4 Å². The highest BCUT2D eigenvalue weighted by molar-refractivity contribution is 5.78. The average Bonchev–Trinajstić information content (AvgIpc) is 2.70. The molecule has 7 heteroatoms. The van der Waals surface area contributed by atoms with Gasteiger partial charge in [-0.2, -0.15) is 5.26 Å². The first-order valence-corrected chi connectivity index (χ1v) is 8.37. The van der Waals surface area contributed by atoms with Crippen LogP contribution in [0, 0.1) is 11.3 Å². The van der Waals surface area contributed by atoms with Crippen molar-refractivity contribution in [3.8, 4) is 29.1 Å². The number of hydrogen-bond donors (Lipinski definition) is 1. The minimum absolute atomic E-state index is 0.185. The zero-order chi connectivity index (χ0) is 19.5. The van der Waals surface area contributed by atoms with Gasteiger partial charge in [0.15, 0.2) is 11.5 Å². The number of para-hydroxylation sites is 1. The number of amides is 1. The highest BCUT2D eigenvalue weighted by Gasteiger charge is 2.12. The van der Waals surface area contributed by atoms with E-state index in [2.05, 4.69) is 5.32 Å². The molecule has 0 spiro atoms. The Bertz CT molecular complexity index is 784. The monoisotopic (exact) mass is 370 g/mol. The predicted octanol–water partition coefficient (Wildman–Crippen LogP) is 2.69. The molecule has 1 amide bonds. The molecule has 0 aliphatic carbocycles. The van der Waals surface area contributed by atoms with E-state index in [1.54, 1.807) is 20.3 Å². The Kier molecular flexibility index (Phi) is 7.79. The molecule has 0 aliphatic heterocycles. The Labute approximate surface area is 158 Å². The molecule has 0 atom stereocenters. The summed E-state index contributed by atoms with van der Waals surface area (Å²) in [7, 11) is 3.16. The SMILES string of the molecule is COc1ccc(OCCOc2c(CNC(=O)CC#N)cccc2OC)cc1. The molecule has 0 heterocycles. The van der Waals surface area contributed by atoms with Crippen LogP contribution in [0.5, 0.6) is 23.0 Å². The first-order valence-electron chi connectivity index (χ1n) is 8.37.